The van der Waals surface area contributed by atoms with Crippen LogP contribution in [0.25, 0.3) is 0 Å². The smallest absolute Gasteiger partial charge is 0.254 e. The molecule has 194 valence electrons. The molecule has 2 saturated carbocycles. The van der Waals surface area contributed by atoms with Crippen LogP contribution >= 0.6 is 0 Å². The lowest BCUT2D eigenvalue weighted by atomic mass is 9.46. The van der Waals surface area contributed by atoms with Gasteiger partial charge in [0.1, 0.15) is 5.75 Å². The zero-order valence-corrected chi connectivity index (χ0v) is 21.6. The normalized spacial score (nSPS) is 38.3. The van der Waals surface area contributed by atoms with Crippen LogP contribution in [0.5, 0.6) is 5.75 Å². The van der Waals surface area contributed by atoms with Crippen LogP contribution in [0.4, 0.5) is 0 Å². The lowest BCUT2D eigenvalue weighted by Crippen LogP contribution is -2.74. The van der Waals surface area contributed by atoms with Crippen molar-refractivity contribution in [3.63, 3.8) is 0 Å². The molecule has 1 N–H and O–H groups in total. The molecule has 0 aromatic heterocycles. The Balaban J connectivity index is 1.21. The van der Waals surface area contributed by atoms with Crippen LogP contribution in [-0.2, 0) is 16.6 Å². The van der Waals surface area contributed by atoms with Gasteiger partial charge in [-0.15, -0.1) is 0 Å². The van der Waals surface area contributed by atoms with E-state index in [1.165, 1.54) is 49.8 Å². The quantitative estimate of drug-likeness (QED) is 0.653. The van der Waals surface area contributed by atoms with Crippen LogP contribution in [0, 0.1) is 11.8 Å². The molecule has 0 spiro atoms. The molecule has 2 aromatic rings. The minimum absolute atomic E-state index is 0.0746. The average molecular weight is 499 g/mol. The highest BCUT2D eigenvalue weighted by Gasteiger charge is 2.78. The van der Waals surface area contributed by atoms with Crippen LogP contribution in [-0.4, -0.2) is 64.2 Å². The van der Waals surface area contributed by atoms with Crippen molar-refractivity contribution in [1.82, 2.24) is 9.80 Å². The van der Waals surface area contributed by atoms with E-state index in [4.69, 9.17) is 4.74 Å². The molecule has 37 heavy (non-hydrogen) atoms. The number of hydrogen-bond acceptors (Lipinski definition) is 4. The number of carbonyl (C=O) groups excluding carboxylic acids is 1. The van der Waals surface area contributed by atoms with Gasteiger partial charge in [0.05, 0.1) is 11.7 Å². The van der Waals surface area contributed by atoms with Crippen molar-refractivity contribution in [1.29, 1.82) is 0 Å². The molecule has 5 fully saturated rings. The lowest BCUT2D eigenvalue weighted by molar-refractivity contribution is -0.172. The summed E-state index contributed by atoms with van der Waals surface area (Å²) in [6.07, 6.45) is 11.1. The van der Waals surface area contributed by atoms with Crippen molar-refractivity contribution in [3.8, 4) is 5.75 Å². The van der Waals surface area contributed by atoms with Gasteiger partial charge in [0.25, 0.3) is 5.91 Å². The number of likely N-dealkylation sites (tertiary alicyclic amines) is 2. The number of amides is 1. The average Bonchev–Trinajstić information content (AvgIpc) is 3.38. The van der Waals surface area contributed by atoms with Crippen molar-refractivity contribution in [2.24, 2.45) is 11.8 Å². The van der Waals surface area contributed by atoms with Gasteiger partial charge in [-0.3, -0.25) is 9.69 Å². The molecule has 6 atom stereocenters. The first-order chi connectivity index (χ1) is 18.1. The summed E-state index contributed by atoms with van der Waals surface area (Å²) in [5.41, 5.74) is 3.18. The summed E-state index contributed by atoms with van der Waals surface area (Å²) in [4.78, 5) is 18.6. The zero-order valence-electron chi connectivity index (χ0n) is 21.6. The van der Waals surface area contributed by atoms with Gasteiger partial charge in [0, 0.05) is 42.1 Å². The van der Waals surface area contributed by atoms with Gasteiger partial charge in [-0.25, -0.2) is 0 Å². The fourth-order valence-electron chi connectivity index (χ4n) is 10.1. The molecule has 5 heteroatoms. The molecular formula is C32H38N2O3. The Hall–Kier alpha value is -2.37. The van der Waals surface area contributed by atoms with Crippen molar-refractivity contribution < 1.29 is 14.6 Å². The summed E-state index contributed by atoms with van der Waals surface area (Å²) in [6.45, 7) is 3.00. The van der Waals surface area contributed by atoms with Crippen molar-refractivity contribution in [3.05, 3.63) is 65.2 Å². The van der Waals surface area contributed by atoms with Gasteiger partial charge in [-0.2, -0.15) is 0 Å². The van der Waals surface area contributed by atoms with E-state index in [2.05, 4.69) is 21.9 Å². The predicted octanol–water partition coefficient (Wildman–Crippen LogP) is 4.91. The number of phenols is 1. The molecule has 5 nitrogen and oxygen atoms in total. The van der Waals surface area contributed by atoms with Crippen molar-refractivity contribution in [2.75, 3.05) is 19.6 Å². The number of rotatable bonds is 3. The maximum atomic E-state index is 13.7. The second kappa shape index (κ2) is 8.07. The third-order valence-electron chi connectivity index (χ3n) is 11.3. The minimum Gasteiger partial charge on any atom is -0.508 e. The molecule has 2 aromatic carbocycles. The highest BCUT2D eigenvalue weighted by Crippen LogP contribution is 2.69. The molecule has 0 unspecified atom stereocenters. The largest absolute Gasteiger partial charge is 0.508 e. The van der Waals surface area contributed by atoms with E-state index in [0.717, 1.165) is 43.7 Å². The molecule has 3 aliphatic heterocycles. The second-order valence-corrected chi connectivity index (χ2v) is 12.8. The Kier molecular flexibility index (Phi) is 4.93. The van der Waals surface area contributed by atoms with E-state index in [9.17, 15) is 9.90 Å². The van der Waals surface area contributed by atoms with Crippen LogP contribution in [0.1, 0.15) is 72.9 Å². The van der Waals surface area contributed by atoms with Crippen LogP contribution in [0.2, 0.25) is 0 Å². The summed E-state index contributed by atoms with van der Waals surface area (Å²) < 4.78 is 7.34. The van der Waals surface area contributed by atoms with E-state index < -0.39 is 0 Å². The van der Waals surface area contributed by atoms with E-state index in [0.29, 0.717) is 24.3 Å². The topological polar surface area (TPSA) is 53.0 Å². The summed E-state index contributed by atoms with van der Waals surface area (Å²) in [7, 11) is 0. The molecule has 3 aliphatic carbocycles. The van der Waals surface area contributed by atoms with E-state index in [1.54, 1.807) is 0 Å². The minimum atomic E-state index is -0.200. The van der Waals surface area contributed by atoms with Gasteiger partial charge in [0.15, 0.2) is 0 Å². The van der Waals surface area contributed by atoms with Crippen molar-refractivity contribution in [2.45, 2.75) is 87.0 Å². The number of nitrogens with zero attached hydrogens (tertiary/aromatic N) is 2. The number of aromatic hydroxyl groups is 1. The number of benzene rings is 2. The number of piperidine rings is 1. The van der Waals surface area contributed by atoms with Gasteiger partial charge < -0.3 is 14.7 Å². The molecule has 8 rings (SSSR count). The SMILES string of the molecule is O=C(c1ccccc1)N1C[C@H]2O[C@@]34CC[C@@H]1[C@@H]2[C@@]31CCN(CC2CCCCC2)[C@@H]4Cc2ccc(O)cc21. The molecule has 3 saturated heterocycles. The van der Waals surface area contributed by atoms with Gasteiger partial charge in [-0.1, -0.05) is 43.5 Å². The molecule has 3 heterocycles. The number of hydrogen-bond donors (Lipinski definition) is 1. The van der Waals surface area contributed by atoms with Gasteiger partial charge >= 0.3 is 0 Å². The third-order valence-corrected chi connectivity index (χ3v) is 11.3. The Labute approximate surface area is 219 Å². The third kappa shape index (κ3) is 2.96. The Morgan fingerprint density at radius 1 is 1.03 bits per heavy atom. The highest BCUT2D eigenvalue weighted by molar-refractivity contribution is 5.94. The first-order valence-corrected chi connectivity index (χ1v) is 14.7. The van der Waals surface area contributed by atoms with Crippen LogP contribution in [0.3, 0.4) is 0 Å². The Morgan fingerprint density at radius 2 is 1.86 bits per heavy atom. The molecule has 1 amide bonds. The Bertz CT molecular complexity index is 1230. The van der Waals surface area contributed by atoms with Crippen LogP contribution < -0.4 is 0 Å². The molecular weight excluding hydrogens is 460 g/mol. The first-order valence-electron chi connectivity index (χ1n) is 14.7. The van der Waals surface area contributed by atoms with Crippen LogP contribution in [0.15, 0.2) is 48.5 Å². The summed E-state index contributed by atoms with van der Waals surface area (Å²) in [5, 5.41) is 10.7. The maximum Gasteiger partial charge on any atom is 0.254 e. The fraction of sp³-hybridized carbons (Fsp3) is 0.594. The summed E-state index contributed by atoms with van der Waals surface area (Å²) in [6, 6.07) is 16.5. The predicted molar refractivity (Wildman–Crippen MR) is 142 cm³/mol. The fourth-order valence-corrected chi connectivity index (χ4v) is 10.1. The van der Waals surface area contributed by atoms with Gasteiger partial charge in [0.2, 0.25) is 0 Å². The number of carbonyl (C=O) groups is 1. The van der Waals surface area contributed by atoms with E-state index >= 15 is 0 Å². The number of phenolic OH excluding ortho intramolecular Hbond substituents is 1. The first kappa shape index (κ1) is 22.6. The highest BCUT2D eigenvalue weighted by atomic mass is 16.5. The second-order valence-electron chi connectivity index (χ2n) is 12.8. The van der Waals surface area contributed by atoms with E-state index in [-0.39, 0.29) is 29.1 Å². The Morgan fingerprint density at radius 3 is 2.70 bits per heavy atom. The zero-order chi connectivity index (χ0) is 24.8. The van der Waals surface area contributed by atoms with Gasteiger partial charge in [-0.05, 0) is 86.4 Å². The standard InChI is InChI=1S/C32H38N2O3/c35-24-12-11-23-17-28-32-14-13-26-29(27(37-32)20-34(26)30(36)22-9-5-2-6-10-22)31(32,25(23)18-24)15-16-33(28)19-21-7-3-1-4-8-21/h2,5-6,9-12,18,21,26-29,35H,1,3-4,7-8,13-17,19-20H2/t26-,27-,28-,29+,31+,32-/m1/s1. The number of fused-ring (bicyclic) bond motifs is 1. The lowest BCUT2D eigenvalue weighted by Gasteiger charge is -2.65. The molecule has 4 bridgehead atoms. The maximum absolute atomic E-state index is 13.7. The van der Waals surface area contributed by atoms with Crippen molar-refractivity contribution >= 4 is 5.91 Å². The number of ether oxygens (including phenoxy) is 1. The monoisotopic (exact) mass is 498 g/mol. The molecule has 6 aliphatic rings. The summed E-state index contributed by atoms with van der Waals surface area (Å²) >= 11 is 0. The molecule has 0 radical (unpaired) electrons. The summed E-state index contributed by atoms with van der Waals surface area (Å²) in [5.74, 6) is 1.62. The van der Waals surface area contributed by atoms with E-state index in [1.807, 2.05) is 36.4 Å².